The lowest BCUT2D eigenvalue weighted by atomic mass is 9.93. The number of alkyl halides is 2. The average Bonchev–Trinajstić information content (AvgIpc) is 2.45. The molecular formula is C15H26F2O5S. The van der Waals surface area contributed by atoms with E-state index in [2.05, 4.69) is 4.74 Å². The van der Waals surface area contributed by atoms with Crippen LogP contribution >= 0.6 is 0 Å². The average molecular weight is 356 g/mol. The molecule has 8 heteroatoms. The van der Waals surface area contributed by atoms with Crippen molar-refractivity contribution in [1.29, 1.82) is 0 Å². The van der Waals surface area contributed by atoms with Gasteiger partial charge >= 0.3 is 21.3 Å². The third-order valence-corrected chi connectivity index (χ3v) is 5.05. The molecule has 0 heterocycles. The van der Waals surface area contributed by atoms with Gasteiger partial charge in [0.05, 0.1) is 6.61 Å². The highest BCUT2D eigenvalue weighted by molar-refractivity contribution is 7.87. The molecule has 0 aliphatic heterocycles. The zero-order chi connectivity index (χ0) is 17.3. The minimum atomic E-state index is -5.79. The van der Waals surface area contributed by atoms with E-state index in [0.717, 1.165) is 51.4 Å². The molecule has 1 N–H and O–H groups in total. The molecule has 0 aromatic rings. The van der Waals surface area contributed by atoms with Crippen molar-refractivity contribution >= 4 is 16.1 Å². The van der Waals surface area contributed by atoms with Gasteiger partial charge < -0.3 is 4.74 Å². The zero-order valence-electron chi connectivity index (χ0n) is 13.3. The fourth-order valence-electron chi connectivity index (χ4n) is 2.80. The van der Waals surface area contributed by atoms with E-state index in [1.165, 1.54) is 19.3 Å². The second-order valence-electron chi connectivity index (χ2n) is 6.22. The topological polar surface area (TPSA) is 80.7 Å². The monoisotopic (exact) mass is 356 g/mol. The van der Waals surface area contributed by atoms with Crippen LogP contribution in [-0.4, -0.2) is 30.8 Å². The Labute approximate surface area is 136 Å². The molecule has 5 nitrogen and oxygen atoms in total. The third kappa shape index (κ3) is 7.12. The highest BCUT2D eigenvalue weighted by Gasteiger charge is 2.54. The van der Waals surface area contributed by atoms with E-state index in [1.807, 2.05) is 0 Å². The second-order valence-corrected chi connectivity index (χ2v) is 7.68. The minimum Gasteiger partial charge on any atom is -0.460 e. The molecule has 0 atom stereocenters. The molecule has 1 aliphatic carbocycles. The molecule has 0 amide bonds. The molecule has 1 rings (SSSR count). The number of carbonyl (C=O) groups excluding carboxylic acids is 1. The summed E-state index contributed by atoms with van der Waals surface area (Å²) >= 11 is 0. The lowest BCUT2D eigenvalue weighted by Gasteiger charge is -2.19. The Morgan fingerprint density at radius 1 is 0.957 bits per heavy atom. The first-order chi connectivity index (χ1) is 10.7. The minimum absolute atomic E-state index is 0.0458. The number of hydrogen-bond acceptors (Lipinski definition) is 4. The fraction of sp³-hybridized carbons (Fsp3) is 0.933. The van der Waals surface area contributed by atoms with E-state index in [4.69, 9.17) is 4.55 Å². The van der Waals surface area contributed by atoms with Crippen molar-refractivity contribution in [2.75, 3.05) is 6.61 Å². The second kappa shape index (κ2) is 9.52. The summed E-state index contributed by atoms with van der Waals surface area (Å²) in [5.41, 5.74) is 0. The van der Waals surface area contributed by atoms with Crippen LogP contribution in [0.25, 0.3) is 0 Å². The number of esters is 1. The van der Waals surface area contributed by atoms with Gasteiger partial charge in [-0.1, -0.05) is 57.8 Å². The smallest absolute Gasteiger partial charge is 0.460 e. The van der Waals surface area contributed by atoms with Gasteiger partial charge in [-0.25, -0.2) is 4.79 Å². The summed E-state index contributed by atoms with van der Waals surface area (Å²) in [7, 11) is -5.79. The SMILES string of the molecule is O=C(OCC1CCCCCCCCCCC1)C(F)(F)S(=O)(=O)O. The predicted octanol–water partition coefficient (Wildman–Crippen LogP) is 3.93. The molecule has 0 aromatic carbocycles. The van der Waals surface area contributed by atoms with E-state index in [9.17, 15) is 22.0 Å². The van der Waals surface area contributed by atoms with Crippen molar-refractivity contribution in [2.24, 2.45) is 5.92 Å². The molecule has 0 saturated heterocycles. The van der Waals surface area contributed by atoms with Gasteiger partial charge in [-0.3, -0.25) is 4.55 Å². The zero-order valence-corrected chi connectivity index (χ0v) is 14.1. The van der Waals surface area contributed by atoms with Gasteiger partial charge in [-0.2, -0.15) is 17.2 Å². The van der Waals surface area contributed by atoms with E-state index in [1.54, 1.807) is 0 Å². The van der Waals surface area contributed by atoms with Gasteiger partial charge in [-0.15, -0.1) is 0 Å². The number of carbonyl (C=O) groups is 1. The molecule has 1 fully saturated rings. The van der Waals surface area contributed by atoms with Crippen molar-refractivity contribution in [3.63, 3.8) is 0 Å². The Balaban J connectivity index is 2.49. The van der Waals surface area contributed by atoms with Crippen molar-refractivity contribution in [3.8, 4) is 0 Å². The van der Waals surface area contributed by atoms with Gasteiger partial charge in [0.25, 0.3) is 0 Å². The summed E-state index contributed by atoms with van der Waals surface area (Å²) in [6, 6.07) is 0. The molecule has 0 radical (unpaired) electrons. The van der Waals surface area contributed by atoms with Crippen LogP contribution in [0.5, 0.6) is 0 Å². The molecule has 0 bridgehead atoms. The van der Waals surface area contributed by atoms with Crippen LogP contribution in [0, 0.1) is 5.92 Å². The summed E-state index contributed by atoms with van der Waals surface area (Å²) in [5.74, 6) is -2.25. The van der Waals surface area contributed by atoms with E-state index in [0.29, 0.717) is 0 Å². The Morgan fingerprint density at radius 3 is 1.74 bits per heavy atom. The van der Waals surface area contributed by atoms with Crippen molar-refractivity contribution in [3.05, 3.63) is 0 Å². The van der Waals surface area contributed by atoms with Gasteiger partial charge in [0, 0.05) is 0 Å². The summed E-state index contributed by atoms with van der Waals surface area (Å²) in [4.78, 5) is 11.2. The van der Waals surface area contributed by atoms with Crippen LogP contribution in [0.4, 0.5) is 8.78 Å². The van der Waals surface area contributed by atoms with Crippen LogP contribution in [0.15, 0.2) is 0 Å². The highest BCUT2D eigenvalue weighted by atomic mass is 32.2. The maximum absolute atomic E-state index is 13.1. The summed E-state index contributed by atoms with van der Waals surface area (Å²) in [5, 5.41) is -4.90. The van der Waals surface area contributed by atoms with Gasteiger partial charge in [0.1, 0.15) is 0 Å². The molecule has 0 aromatic heterocycles. The maximum atomic E-state index is 13.1. The molecule has 23 heavy (non-hydrogen) atoms. The first-order valence-corrected chi connectivity index (χ1v) is 9.71. The molecular weight excluding hydrogens is 330 g/mol. The Kier molecular flexibility index (Phi) is 8.39. The van der Waals surface area contributed by atoms with E-state index >= 15 is 0 Å². The molecule has 0 spiro atoms. The van der Waals surface area contributed by atoms with Crippen LogP contribution in [0.2, 0.25) is 0 Å². The van der Waals surface area contributed by atoms with E-state index < -0.39 is 21.3 Å². The Bertz CT molecular complexity index is 452. The largest absolute Gasteiger partial charge is 0.465 e. The number of halogens is 2. The fourth-order valence-corrected chi connectivity index (χ4v) is 3.07. The van der Waals surface area contributed by atoms with Gasteiger partial charge in [-0.05, 0) is 18.8 Å². The van der Waals surface area contributed by atoms with Crippen LogP contribution in [-0.2, 0) is 19.6 Å². The Morgan fingerprint density at radius 2 is 1.35 bits per heavy atom. The van der Waals surface area contributed by atoms with Crippen molar-refractivity contribution in [2.45, 2.75) is 75.9 Å². The first kappa shape index (κ1) is 20.3. The number of hydrogen-bond donors (Lipinski definition) is 1. The lowest BCUT2D eigenvalue weighted by molar-refractivity contribution is -0.163. The van der Waals surface area contributed by atoms with Crippen LogP contribution in [0.3, 0.4) is 0 Å². The number of rotatable bonds is 4. The summed E-state index contributed by atoms with van der Waals surface area (Å²) < 4.78 is 60.1. The third-order valence-electron chi connectivity index (χ3n) is 4.24. The standard InChI is InChI=1S/C15H26F2O5S/c16-15(17,23(19,20)21)14(18)22-12-13-10-8-6-4-2-1-3-5-7-9-11-13/h13H,1-12H2,(H,19,20,21). The first-order valence-electron chi connectivity index (χ1n) is 8.27. The lowest BCUT2D eigenvalue weighted by Crippen LogP contribution is -2.39. The van der Waals surface area contributed by atoms with Crippen LogP contribution < -0.4 is 0 Å². The maximum Gasteiger partial charge on any atom is 0.465 e. The molecule has 136 valence electrons. The summed E-state index contributed by atoms with van der Waals surface area (Å²) in [6.07, 6.45) is 11.5. The normalized spacial score (nSPS) is 20.3. The molecule has 0 unspecified atom stereocenters. The number of ether oxygens (including phenoxy) is 1. The van der Waals surface area contributed by atoms with Crippen molar-refractivity contribution < 1.29 is 31.3 Å². The van der Waals surface area contributed by atoms with Crippen LogP contribution in [0.1, 0.15) is 70.6 Å². The molecule has 1 saturated carbocycles. The summed E-state index contributed by atoms with van der Waals surface area (Å²) in [6.45, 7) is -0.232. The van der Waals surface area contributed by atoms with Gasteiger partial charge in [0.15, 0.2) is 0 Å². The van der Waals surface area contributed by atoms with Crippen molar-refractivity contribution in [1.82, 2.24) is 0 Å². The predicted molar refractivity (Wildman–Crippen MR) is 81.7 cm³/mol. The quantitative estimate of drug-likeness (QED) is 0.610. The van der Waals surface area contributed by atoms with E-state index in [-0.39, 0.29) is 12.5 Å². The van der Waals surface area contributed by atoms with Gasteiger partial charge in [0.2, 0.25) is 0 Å². The highest BCUT2D eigenvalue weighted by Crippen LogP contribution is 2.25. The Hall–Kier alpha value is -0.760. The molecule has 1 aliphatic rings.